The third-order valence-corrected chi connectivity index (χ3v) is 3.34. The van der Waals surface area contributed by atoms with Gasteiger partial charge in [0, 0.05) is 13.0 Å². The number of oxime groups is 1. The van der Waals surface area contributed by atoms with Crippen molar-refractivity contribution in [2.75, 3.05) is 20.1 Å². The van der Waals surface area contributed by atoms with Crippen LogP contribution in [0.25, 0.3) is 0 Å². The molecule has 0 bridgehead atoms. The molecule has 1 aliphatic rings. The summed E-state index contributed by atoms with van der Waals surface area (Å²) in [5, 5.41) is 11.7. The zero-order valence-electron chi connectivity index (χ0n) is 10.7. The summed E-state index contributed by atoms with van der Waals surface area (Å²) < 4.78 is 0. The van der Waals surface area contributed by atoms with E-state index in [1.165, 1.54) is 19.3 Å². The van der Waals surface area contributed by atoms with Crippen LogP contribution in [-0.2, 0) is 0 Å². The van der Waals surface area contributed by atoms with Crippen molar-refractivity contribution < 1.29 is 5.21 Å². The predicted molar refractivity (Wildman–Crippen MR) is 66.6 cm³/mol. The third kappa shape index (κ3) is 4.39. The largest absolute Gasteiger partial charge is 0.409 e. The molecule has 0 saturated heterocycles. The Morgan fingerprint density at radius 2 is 2.12 bits per heavy atom. The van der Waals surface area contributed by atoms with Gasteiger partial charge in [0.15, 0.2) is 0 Å². The maximum atomic E-state index is 8.59. The third-order valence-electron chi connectivity index (χ3n) is 3.34. The van der Waals surface area contributed by atoms with Crippen molar-refractivity contribution in [1.29, 1.82) is 0 Å². The summed E-state index contributed by atoms with van der Waals surface area (Å²) in [4.78, 5) is 2.37. The molecule has 0 atom stereocenters. The smallest absolute Gasteiger partial charge is 0.139 e. The van der Waals surface area contributed by atoms with Gasteiger partial charge in [-0.05, 0) is 44.2 Å². The van der Waals surface area contributed by atoms with Crippen LogP contribution in [0.2, 0.25) is 0 Å². The van der Waals surface area contributed by atoms with E-state index >= 15 is 0 Å². The summed E-state index contributed by atoms with van der Waals surface area (Å²) >= 11 is 0. The van der Waals surface area contributed by atoms with E-state index in [-0.39, 0.29) is 0 Å². The molecule has 1 rings (SSSR count). The maximum absolute atomic E-state index is 8.59. The highest BCUT2D eigenvalue weighted by Crippen LogP contribution is 2.49. The molecule has 3 N–H and O–H groups in total. The fourth-order valence-corrected chi connectivity index (χ4v) is 2.12. The van der Waals surface area contributed by atoms with Crippen LogP contribution in [0.1, 0.15) is 39.5 Å². The average molecular weight is 227 g/mol. The monoisotopic (exact) mass is 227 g/mol. The molecule has 4 nitrogen and oxygen atoms in total. The summed E-state index contributed by atoms with van der Waals surface area (Å²) in [6.45, 7) is 6.69. The standard InChI is InChI=1S/C12H25N3O/c1-10(2)4-7-15(3)9-12(5-6-12)8-11(13)14-16/h10,16H,4-9H2,1-3H3,(H2,13,14). The molecule has 1 fully saturated rings. The normalized spacial score (nSPS) is 19.4. The SMILES string of the molecule is CC(C)CCN(C)CC1(CC(N)=NO)CC1. The fourth-order valence-electron chi connectivity index (χ4n) is 2.12. The van der Waals surface area contributed by atoms with Gasteiger partial charge < -0.3 is 15.8 Å². The second kappa shape index (κ2) is 5.53. The number of amidine groups is 1. The summed E-state index contributed by atoms with van der Waals surface area (Å²) in [5.41, 5.74) is 5.87. The van der Waals surface area contributed by atoms with Gasteiger partial charge in [0.25, 0.3) is 0 Å². The van der Waals surface area contributed by atoms with Crippen molar-refractivity contribution in [2.45, 2.75) is 39.5 Å². The first-order valence-corrected chi connectivity index (χ1v) is 6.12. The van der Waals surface area contributed by atoms with Crippen molar-refractivity contribution in [3.05, 3.63) is 0 Å². The first-order valence-electron chi connectivity index (χ1n) is 6.12. The molecule has 0 aliphatic heterocycles. The number of nitrogens with zero attached hydrogens (tertiary/aromatic N) is 2. The van der Waals surface area contributed by atoms with E-state index in [0.29, 0.717) is 11.3 Å². The van der Waals surface area contributed by atoms with Gasteiger partial charge in [-0.1, -0.05) is 19.0 Å². The van der Waals surface area contributed by atoms with Crippen molar-refractivity contribution >= 4 is 5.84 Å². The molecule has 4 heteroatoms. The Balaban J connectivity index is 2.30. The number of rotatable bonds is 7. The molecule has 0 heterocycles. The van der Waals surface area contributed by atoms with Gasteiger partial charge in [-0.3, -0.25) is 0 Å². The van der Waals surface area contributed by atoms with Crippen LogP contribution in [0.4, 0.5) is 0 Å². The minimum atomic E-state index is 0.294. The fraction of sp³-hybridized carbons (Fsp3) is 0.917. The Kier molecular flexibility index (Phi) is 4.59. The molecule has 0 aromatic rings. The Bertz CT molecular complexity index is 247. The van der Waals surface area contributed by atoms with Gasteiger partial charge in [-0.2, -0.15) is 0 Å². The molecule has 16 heavy (non-hydrogen) atoms. The molecule has 1 aliphatic carbocycles. The van der Waals surface area contributed by atoms with E-state index < -0.39 is 0 Å². The van der Waals surface area contributed by atoms with Gasteiger partial charge in [-0.25, -0.2) is 0 Å². The van der Waals surface area contributed by atoms with Crippen molar-refractivity contribution in [2.24, 2.45) is 22.2 Å². The second-order valence-corrected chi connectivity index (χ2v) is 5.69. The van der Waals surface area contributed by atoms with Crippen molar-refractivity contribution in [1.82, 2.24) is 4.90 Å². The van der Waals surface area contributed by atoms with Gasteiger partial charge in [0.1, 0.15) is 5.84 Å². The molecular weight excluding hydrogens is 202 g/mol. The van der Waals surface area contributed by atoms with Gasteiger partial charge >= 0.3 is 0 Å². The van der Waals surface area contributed by atoms with Crippen LogP contribution in [0.15, 0.2) is 5.16 Å². The lowest BCUT2D eigenvalue weighted by Gasteiger charge is -2.23. The zero-order valence-corrected chi connectivity index (χ0v) is 10.7. The second-order valence-electron chi connectivity index (χ2n) is 5.69. The lowest BCUT2D eigenvalue weighted by molar-refractivity contribution is 0.250. The summed E-state index contributed by atoms with van der Waals surface area (Å²) in [7, 11) is 2.16. The minimum absolute atomic E-state index is 0.294. The molecule has 0 aromatic heterocycles. The first kappa shape index (κ1) is 13.3. The van der Waals surface area contributed by atoms with Gasteiger partial charge in [0.2, 0.25) is 0 Å². The molecule has 0 aromatic carbocycles. The van der Waals surface area contributed by atoms with E-state index in [1.807, 2.05) is 0 Å². The van der Waals surface area contributed by atoms with Crippen LogP contribution < -0.4 is 5.73 Å². The van der Waals surface area contributed by atoms with Crippen LogP contribution >= 0.6 is 0 Å². The topological polar surface area (TPSA) is 61.8 Å². The average Bonchev–Trinajstić information content (AvgIpc) is 2.94. The van der Waals surface area contributed by atoms with Crippen LogP contribution in [0.5, 0.6) is 0 Å². The molecule has 94 valence electrons. The highest BCUT2D eigenvalue weighted by Gasteiger charge is 2.43. The maximum Gasteiger partial charge on any atom is 0.139 e. The van der Waals surface area contributed by atoms with Crippen LogP contribution in [-0.4, -0.2) is 36.1 Å². The minimum Gasteiger partial charge on any atom is -0.409 e. The zero-order chi connectivity index (χ0) is 12.2. The van der Waals surface area contributed by atoms with E-state index in [9.17, 15) is 0 Å². The highest BCUT2D eigenvalue weighted by atomic mass is 16.4. The van der Waals surface area contributed by atoms with E-state index in [1.54, 1.807) is 0 Å². The quantitative estimate of drug-likeness (QED) is 0.302. The van der Waals surface area contributed by atoms with Gasteiger partial charge in [-0.15, -0.1) is 0 Å². The molecule has 1 saturated carbocycles. The number of hydrogen-bond acceptors (Lipinski definition) is 3. The van der Waals surface area contributed by atoms with Crippen molar-refractivity contribution in [3.8, 4) is 0 Å². The molecule has 0 spiro atoms. The Morgan fingerprint density at radius 3 is 2.56 bits per heavy atom. The summed E-state index contributed by atoms with van der Waals surface area (Å²) in [5.74, 6) is 1.12. The Hall–Kier alpha value is -0.770. The Labute approximate surface area is 98.5 Å². The van der Waals surface area contributed by atoms with Gasteiger partial charge in [0.05, 0.1) is 0 Å². The number of hydrogen-bond donors (Lipinski definition) is 2. The molecule has 0 unspecified atom stereocenters. The molecule has 0 radical (unpaired) electrons. The van der Waals surface area contributed by atoms with Crippen molar-refractivity contribution in [3.63, 3.8) is 0 Å². The van der Waals surface area contributed by atoms with Crippen LogP contribution in [0.3, 0.4) is 0 Å². The highest BCUT2D eigenvalue weighted by molar-refractivity contribution is 5.80. The summed E-state index contributed by atoms with van der Waals surface area (Å²) in [6.07, 6.45) is 4.37. The number of nitrogens with two attached hydrogens (primary N) is 1. The Morgan fingerprint density at radius 1 is 1.50 bits per heavy atom. The summed E-state index contributed by atoms with van der Waals surface area (Å²) in [6, 6.07) is 0. The predicted octanol–water partition coefficient (Wildman–Crippen LogP) is 1.88. The lowest BCUT2D eigenvalue weighted by atomic mass is 10.0. The van der Waals surface area contributed by atoms with E-state index in [4.69, 9.17) is 10.9 Å². The van der Waals surface area contributed by atoms with E-state index in [0.717, 1.165) is 25.4 Å². The lowest BCUT2D eigenvalue weighted by Crippen LogP contribution is -2.31. The molecular formula is C12H25N3O. The van der Waals surface area contributed by atoms with Crippen LogP contribution in [0, 0.1) is 11.3 Å². The molecule has 0 amide bonds. The van der Waals surface area contributed by atoms with E-state index in [2.05, 4.69) is 31.0 Å². The first-order chi connectivity index (χ1) is 7.47.